The summed E-state index contributed by atoms with van der Waals surface area (Å²) in [5, 5.41) is 5.34. The molecule has 2 nitrogen and oxygen atoms in total. The third-order valence-corrected chi connectivity index (χ3v) is 4.93. The Bertz CT molecular complexity index is 609. The van der Waals surface area contributed by atoms with Crippen LogP contribution in [-0.2, 0) is 0 Å². The average Bonchev–Trinajstić information content (AvgIpc) is 2.70. The number of benzene rings is 1. The molecule has 0 spiro atoms. The van der Waals surface area contributed by atoms with Crippen molar-refractivity contribution < 1.29 is 4.79 Å². The van der Waals surface area contributed by atoms with Gasteiger partial charge in [-0.3, -0.25) is 4.79 Å². The largest absolute Gasteiger partial charge is 0.321 e. The average molecular weight is 359 g/mol. The Morgan fingerprint density at radius 2 is 2.11 bits per heavy atom. The van der Waals surface area contributed by atoms with Crippen molar-refractivity contribution in [1.29, 1.82) is 0 Å². The number of carbonyl (C=O) groups is 1. The molecule has 0 radical (unpaired) electrons. The Balaban J connectivity index is 2.27. The fourth-order valence-electron chi connectivity index (χ4n) is 1.72. The van der Waals surface area contributed by atoms with Crippen LogP contribution in [0.25, 0.3) is 0 Å². The van der Waals surface area contributed by atoms with Crippen LogP contribution < -0.4 is 5.32 Å². The summed E-state index contributed by atoms with van der Waals surface area (Å²) < 4.78 is 0. The maximum atomic E-state index is 12.2. The van der Waals surface area contributed by atoms with Crippen molar-refractivity contribution >= 4 is 50.5 Å². The standard InChI is InChI=1S/C14H13BrClNOS/c1-8-7-19-13(12(8)16)14(18)17-11-6-4-3-5-10(11)9(2)15/h3-7,9H,1-2H3,(H,17,18). The van der Waals surface area contributed by atoms with Gasteiger partial charge in [-0.15, -0.1) is 11.3 Å². The topological polar surface area (TPSA) is 29.1 Å². The van der Waals surface area contributed by atoms with E-state index in [4.69, 9.17) is 11.6 Å². The number of hydrogen-bond donors (Lipinski definition) is 1. The second kappa shape index (κ2) is 6.07. The highest BCUT2D eigenvalue weighted by atomic mass is 79.9. The molecule has 0 bridgehead atoms. The molecule has 0 aliphatic carbocycles. The summed E-state index contributed by atoms with van der Waals surface area (Å²) in [4.78, 5) is 12.9. The van der Waals surface area contributed by atoms with Crippen LogP contribution >= 0.6 is 38.9 Å². The summed E-state index contributed by atoms with van der Waals surface area (Å²) in [6, 6.07) is 7.72. The monoisotopic (exact) mass is 357 g/mol. The Kier molecular flexibility index (Phi) is 4.66. The molecule has 0 saturated carbocycles. The molecule has 2 rings (SSSR count). The van der Waals surface area contributed by atoms with Crippen LogP contribution in [0, 0.1) is 6.92 Å². The third-order valence-electron chi connectivity index (χ3n) is 2.74. The fourth-order valence-corrected chi connectivity index (χ4v) is 3.29. The van der Waals surface area contributed by atoms with Crippen LogP contribution in [0.5, 0.6) is 0 Å². The zero-order chi connectivity index (χ0) is 14.0. The van der Waals surface area contributed by atoms with E-state index in [2.05, 4.69) is 21.2 Å². The molecular formula is C14H13BrClNOS. The number of rotatable bonds is 3. The van der Waals surface area contributed by atoms with Crippen molar-refractivity contribution in [3.63, 3.8) is 0 Å². The van der Waals surface area contributed by atoms with E-state index in [1.54, 1.807) is 0 Å². The first kappa shape index (κ1) is 14.6. The van der Waals surface area contributed by atoms with Gasteiger partial charge >= 0.3 is 0 Å². The molecule has 0 aliphatic rings. The summed E-state index contributed by atoms with van der Waals surface area (Å²) in [5.41, 5.74) is 2.78. The number of amides is 1. The Morgan fingerprint density at radius 1 is 1.42 bits per heavy atom. The molecule has 0 aliphatic heterocycles. The van der Waals surface area contributed by atoms with Crippen molar-refractivity contribution in [3.05, 3.63) is 50.7 Å². The predicted molar refractivity (Wildman–Crippen MR) is 85.8 cm³/mol. The van der Waals surface area contributed by atoms with E-state index in [9.17, 15) is 4.79 Å². The second-order valence-corrected chi connectivity index (χ2v) is 6.85. The highest BCUT2D eigenvalue weighted by Crippen LogP contribution is 2.31. The molecule has 1 N–H and O–H groups in total. The van der Waals surface area contributed by atoms with Gasteiger partial charge < -0.3 is 5.32 Å². The fraction of sp³-hybridized carbons (Fsp3) is 0.214. The van der Waals surface area contributed by atoms with Gasteiger partial charge in [0.05, 0.1) is 5.02 Å². The maximum absolute atomic E-state index is 12.2. The normalized spacial score (nSPS) is 12.2. The number of aryl methyl sites for hydroxylation is 1. The molecule has 1 amide bonds. The van der Waals surface area contributed by atoms with E-state index >= 15 is 0 Å². The highest BCUT2D eigenvalue weighted by molar-refractivity contribution is 9.09. The summed E-state index contributed by atoms with van der Waals surface area (Å²) in [5.74, 6) is -0.163. The number of thiophene rings is 1. The van der Waals surface area contributed by atoms with Crippen molar-refractivity contribution in [2.45, 2.75) is 18.7 Å². The van der Waals surface area contributed by atoms with E-state index < -0.39 is 0 Å². The molecule has 100 valence electrons. The first-order valence-corrected chi connectivity index (χ1v) is 7.96. The first-order chi connectivity index (χ1) is 9.00. The van der Waals surface area contributed by atoms with Gasteiger partial charge in [-0.25, -0.2) is 0 Å². The number of carbonyl (C=O) groups excluding carboxylic acids is 1. The van der Waals surface area contributed by atoms with E-state index in [-0.39, 0.29) is 10.7 Å². The molecule has 1 aromatic heterocycles. The zero-order valence-electron chi connectivity index (χ0n) is 10.5. The van der Waals surface area contributed by atoms with E-state index in [1.165, 1.54) is 11.3 Å². The smallest absolute Gasteiger partial charge is 0.267 e. The highest BCUT2D eigenvalue weighted by Gasteiger charge is 2.16. The van der Waals surface area contributed by atoms with Crippen LogP contribution in [0.2, 0.25) is 5.02 Å². The van der Waals surface area contributed by atoms with Gasteiger partial charge in [0.1, 0.15) is 4.88 Å². The molecule has 2 aromatic rings. The lowest BCUT2D eigenvalue weighted by Gasteiger charge is -2.12. The maximum Gasteiger partial charge on any atom is 0.267 e. The zero-order valence-corrected chi connectivity index (χ0v) is 13.7. The summed E-state index contributed by atoms with van der Waals surface area (Å²) in [6.45, 7) is 3.91. The number of nitrogens with one attached hydrogen (secondary N) is 1. The molecular weight excluding hydrogens is 346 g/mol. The Labute approximate surface area is 129 Å². The molecule has 1 heterocycles. The number of para-hydroxylation sites is 1. The van der Waals surface area contributed by atoms with Gasteiger partial charge in [0.15, 0.2) is 0 Å². The number of anilines is 1. The van der Waals surface area contributed by atoms with Crippen LogP contribution in [-0.4, -0.2) is 5.91 Å². The summed E-state index contributed by atoms with van der Waals surface area (Å²) in [6.07, 6.45) is 0. The van der Waals surface area contributed by atoms with Crippen LogP contribution in [0.4, 0.5) is 5.69 Å². The minimum atomic E-state index is -0.163. The van der Waals surface area contributed by atoms with E-state index in [0.29, 0.717) is 9.90 Å². The Hall–Kier alpha value is -0.840. The lowest BCUT2D eigenvalue weighted by Crippen LogP contribution is -2.12. The minimum absolute atomic E-state index is 0.163. The van der Waals surface area contributed by atoms with Crippen LogP contribution in [0.3, 0.4) is 0 Å². The van der Waals surface area contributed by atoms with Crippen LogP contribution in [0.1, 0.15) is 32.5 Å². The SMILES string of the molecule is Cc1csc(C(=O)Nc2ccccc2C(C)Br)c1Cl. The summed E-state index contributed by atoms with van der Waals surface area (Å²) in [7, 11) is 0. The number of halogens is 2. The Morgan fingerprint density at radius 3 is 2.68 bits per heavy atom. The van der Waals surface area contributed by atoms with E-state index in [1.807, 2.05) is 43.5 Å². The number of alkyl halides is 1. The van der Waals surface area contributed by atoms with Crippen molar-refractivity contribution in [2.24, 2.45) is 0 Å². The second-order valence-electron chi connectivity index (χ2n) is 4.22. The quantitative estimate of drug-likeness (QED) is 0.729. The molecule has 1 atom stereocenters. The van der Waals surface area contributed by atoms with Gasteiger partial charge in [-0.05, 0) is 36.4 Å². The molecule has 1 unspecified atom stereocenters. The predicted octanol–water partition coefficient (Wildman–Crippen LogP) is 5.42. The first-order valence-electron chi connectivity index (χ1n) is 5.78. The van der Waals surface area contributed by atoms with Gasteiger partial charge in [0, 0.05) is 10.5 Å². The molecule has 5 heteroatoms. The molecule has 19 heavy (non-hydrogen) atoms. The molecule has 0 saturated heterocycles. The van der Waals surface area contributed by atoms with Gasteiger partial charge in [-0.1, -0.05) is 45.7 Å². The van der Waals surface area contributed by atoms with Crippen molar-refractivity contribution in [1.82, 2.24) is 0 Å². The van der Waals surface area contributed by atoms with Crippen molar-refractivity contribution in [3.8, 4) is 0 Å². The minimum Gasteiger partial charge on any atom is -0.321 e. The van der Waals surface area contributed by atoms with Gasteiger partial charge in [0.25, 0.3) is 5.91 Å². The third kappa shape index (κ3) is 3.19. The molecule has 1 aromatic carbocycles. The van der Waals surface area contributed by atoms with Crippen LogP contribution in [0.15, 0.2) is 29.6 Å². The lowest BCUT2D eigenvalue weighted by molar-refractivity contribution is 0.103. The summed E-state index contributed by atoms with van der Waals surface area (Å²) >= 11 is 11.0. The number of hydrogen-bond acceptors (Lipinski definition) is 2. The van der Waals surface area contributed by atoms with Gasteiger partial charge in [-0.2, -0.15) is 0 Å². The lowest BCUT2D eigenvalue weighted by atomic mass is 10.1. The molecule has 0 fully saturated rings. The van der Waals surface area contributed by atoms with E-state index in [0.717, 1.165) is 16.8 Å². The van der Waals surface area contributed by atoms with Crippen molar-refractivity contribution in [2.75, 3.05) is 5.32 Å². The van der Waals surface area contributed by atoms with Gasteiger partial charge in [0.2, 0.25) is 0 Å².